The van der Waals surface area contributed by atoms with Gasteiger partial charge in [-0.3, -0.25) is 33.0 Å². The highest BCUT2D eigenvalue weighted by Crippen LogP contribution is 2.60. The number of carbonyl (C=O) groups excluding carboxylic acids is 6. The van der Waals surface area contributed by atoms with Crippen molar-refractivity contribution in [2.45, 2.75) is 92.3 Å². The number of fused-ring (bicyclic) bond motifs is 1. The molecule has 15 nitrogen and oxygen atoms in total. The van der Waals surface area contributed by atoms with Gasteiger partial charge in [0, 0.05) is 56.7 Å². The van der Waals surface area contributed by atoms with E-state index < -0.39 is 61.9 Å². The van der Waals surface area contributed by atoms with Crippen molar-refractivity contribution in [1.82, 2.24) is 14.7 Å². The van der Waals surface area contributed by atoms with Gasteiger partial charge in [0.15, 0.2) is 13.6 Å². The zero-order chi connectivity index (χ0) is 49.5. The minimum absolute atomic E-state index is 0.0718. The number of likely N-dealkylation sites (tertiary alicyclic amines) is 2. The minimum atomic E-state index is -3.70. The van der Waals surface area contributed by atoms with E-state index in [1.807, 2.05) is 36.4 Å². The maximum Gasteiger partial charge on any atom is 0.340 e. The van der Waals surface area contributed by atoms with E-state index in [9.17, 15) is 28.8 Å². The molecule has 3 aromatic carbocycles. The van der Waals surface area contributed by atoms with Crippen LogP contribution in [0.25, 0.3) is 10.8 Å². The van der Waals surface area contributed by atoms with Crippen LogP contribution in [0, 0.1) is 28.1 Å². The lowest BCUT2D eigenvalue weighted by molar-refractivity contribution is -0.162. The van der Waals surface area contributed by atoms with Gasteiger partial charge >= 0.3 is 17.6 Å². The summed E-state index contributed by atoms with van der Waals surface area (Å²) in [6.07, 6.45) is 6.48. The summed E-state index contributed by atoms with van der Waals surface area (Å²) in [6, 6.07) is 23.1. The molecule has 0 saturated carbocycles. The molecule has 66 heavy (non-hydrogen) atoms. The molecule has 5 rings (SSSR count). The Morgan fingerprint density at radius 1 is 0.848 bits per heavy atom. The fourth-order valence-corrected chi connectivity index (χ4v) is 7.28. The van der Waals surface area contributed by atoms with Gasteiger partial charge in [0.2, 0.25) is 18.2 Å². The largest absolute Gasteiger partial charge is 0.438 e. The summed E-state index contributed by atoms with van der Waals surface area (Å²) >= 11 is 0. The first-order valence-electron chi connectivity index (χ1n) is 21.7. The Hall–Kier alpha value is -5.40. The number of alkyl halides is 2. The molecular formula is C48H66F2N5O10P. The number of esters is 2. The van der Waals surface area contributed by atoms with Crippen molar-refractivity contribution in [1.29, 1.82) is 5.26 Å². The predicted molar refractivity (Wildman–Crippen MR) is 247 cm³/mol. The summed E-state index contributed by atoms with van der Waals surface area (Å²) < 4.78 is 51.3. The lowest BCUT2D eigenvalue weighted by Gasteiger charge is -2.27. The maximum absolute atomic E-state index is 15.5. The fourth-order valence-electron chi connectivity index (χ4n) is 6.24. The molecule has 3 aromatic rings. The molecule has 2 heterocycles. The molecule has 0 radical (unpaired) electrons. The molecule has 2 saturated heterocycles. The normalized spacial score (nSPS) is 16.0. The average Bonchev–Trinajstić information content (AvgIpc) is 3.94. The topological polar surface area (TPSA) is 199 Å². The van der Waals surface area contributed by atoms with E-state index >= 15 is 8.78 Å². The van der Waals surface area contributed by atoms with Crippen molar-refractivity contribution in [3.05, 3.63) is 83.9 Å². The van der Waals surface area contributed by atoms with Gasteiger partial charge in [-0.15, -0.1) is 0 Å². The van der Waals surface area contributed by atoms with Gasteiger partial charge in [0.1, 0.15) is 6.29 Å². The number of benzene rings is 3. The van der Waals surface area contributed by atoms with Crippen molar-refractivity contribution in [3.63, 3.8) is 0 Å². The third kappa shape index (κ3) is 20.0. The Morgan fingerprint density at radius 2 is 1.41 bits per heavy atom. The first-order chi connectivity index (χ1) is 31.0. The maximum atomic E-state index is 15.5. The van der Waals surface area contributed by atoms with Crippen LogP contribution in [0.2, 0.25) is 0 Å². The van der Waals surface area contributed by atoms with E-state index in [1.54, 1.807) is 64.3 Å². The summed E-state index contributed by atoms with van der Waals surface area (Å²) in [6.45, 7) is 13.5. The average molecular weight is 942 g/mol. The van der Waals surface area contributed by atoms with Crippen LogP contribution in [0.1, 0.15) is 96.5 Å². The third-order valence-electron chi connectivity index (χ3n) is 10.2. The molecule has 0 aromatic heterocycles. The number of carbonyl (C=O) groups is 6. The first kappa shape index (κ1) is 56.7. The zero-order valence-electron chi connectivity index (χ0n) is 39.4. The molecule has 0 spiro atoms. The van der Waals surface area contributed by atoms with Crippen LogP contribution >= 0.6 is 8.38 Å². The Kier molecular flexibility index (Phi) is 24.0. The number of aldehydes is 1. The molecule has 2 aliphatic rings. The summed E-state index contributed by atoms with van der Waals surface area (Å²) in [5.74, 6) is -1.85. The predicted octanol–water partition coefficient (Wildman–Crippen LogP) is 8.01. The van der Waals surface area contributed by atoms with Gasteiger partial charge < -0.3 is 34.7 Å². The second-order valence-electron chi connectivity index (χ2n) is 17.7. The fraction of sp³-hybridized carbons (Fsp3) is 0.521. The van der Waals surface area contributed by atoms with Gasteiger partial charge in [-0.2, -0.15) is 14.0 Å². The standard InChI is InChI=1S/C24H30F2NO7P.C12H22N2O2.C6H8N2O.C6H6/c1-22(2,3)20(29)31-13-33-35(34-14-32-21(30)23(4,5)6)24(25,26)18-10-9-15-7-8-16(19(27)28)11-17(15)12-18;1-11(16)14(8-4-10-15)9-6-12-5-3-7-13(12)2;7-3-6-1-2-8(4-6)5-9;1-2-4-6-5-3-1/h7-12H,13-14H2,1-6H3,(H2,27,28);10,12H,3-9H2,1-2H3;5-6H,1-2,4H2;1-6H. The summed E-state index contributed by atoms with van der Waals surface area (Å²) in [5, 5.41) is 9.35. The van der Waals surface area contributed by atoms with Gasteiger partial charge in [-0.05, 0) is 110 Å². The van der Waals surface area contributed by atoms with Crippen LogP contribution < -0.4 is 5.73 Å². The SMILES string of the molecule is CC(=O)N(CCC=O)CCC1CCCN1C.CC(C)(C)C(=O)OCOP(OCOC(=O)C(C)(C)C)C(F)(F)c1ccc2ccc(C(N)=O)cc2c1.N#CC1CCN(C=O)C1.c1ccccc1. The lowest BCUT2D eigenvalue weighted by atomic mass is 9.98. The second-order valence-corrected chi connectivity index (χ2v) is 19.3. The van der Waals surface area contributed by atoms with Gasteiger partial charge in [-0.25, -0.2) is 0 Å². The number of amides is 3. The van der Waals surface area contributed by atoms with Crippen molar-refractivity contribution >= 4 is 55.6 Å². The number of nitriles is 1. The second kappa shape index (κ2) is 27.9. The molecule has 0 aliphatic carbocycles. The highest BCUT2D eigenvalue weighted by Gasteiger charge is 2.46. The van der Waals surface area contributed by atoms with Crippen molar-refractivity contribution < 1.29 is 56.1 Å². The third-order valence-corrected chi connectivity index (χ3v) is 11.6. The zero-order valence-corrected chi connectivity index (χ0v) is 40.3. The van der Waals surface area contributed by atoms with Crippen molar-refractivity contribution in [2.75, 3.05) is 53.4 Å². The van der Waals surface area contributed by atoms with Crippen LogP contribution in [-0.4, -0.2) is 111 Å². The highest BCUT2D eigenvalue weighted by molar-refractivity contribution is 7.48. The Labute approximate surface area is 388 Å². The van der Waals surface area contributed by atoms with E-state index in [0.717, 1.165) is 38.6 Å². The smallest absolute Gasteiger partial charge is 0.340 e. The molecule has 2 fully saturated rings. The van der Waals surface area contributed by atoms with E-state index in [-0.39, 0.29) is 17.4 Å². The first-order valence-corrected chi connectivity index (χ1v) is 22.8. The monoisotopic (exact) mass is 941 g/mol. The number of primary amides is 1. The highest BCUT2D eigenvalue weighted by atomic mass is 31.2. The number of nitrogens with zero attached hydrogens (tertiary/aromatic N) is 4. The molecular weight excluding hydrogens is 876 g/mol. The Balaban J connectivity index is 0.000000388. The van der Waals surface area contributed by atoms with E-state index in [1.165, 1.54) is 49.7 Å². The van der Waals surface area contributed by atoms with E-state index in [4.69, 9.17) is 29.5 Å². The van der Waals surface area contributed by atoms with Gasteiger partial charge in [-0.1, -0.05) is 54.6 Å². The van der Waals surface area contributed by atoms with Gasteiger partial charge in [0.05, 0.1) is 22.8 Å². The number of ether oxygens (including phenoxy) is 2. The molecule has 3 amide bonds. The van der Waals surface area contributed by atoms with Crippen molar-refractivity contribution in [2.24, 2.45) is 22.5 Å². The number of nitrogens with two attached hydrogens (primary N) is 1. The van der Waals surface area contributed by atoms with E-state index in [2.05, 4.69) is 18.0 Å². The quantitative estimate of drug-likeness (QED) is 0.0629. The molecule has 18 heteroatoms. The van der Waals surface area contributed by atoms with Crippen LogP contribution in [0.15, 0.2) is 72.8 Å². The molecule has 0 bridgehead atoms. The summed E-state index contributed by atoms with van der Waals surface area (Å²) in [4.78, 5) is 72.9. The number of rotatable bonds is 16. The lowest BCUT2D eigenvalue weighted by Crippen LogP contribution is -2.35. The van der Waals surface area contributed by atoms with Crippen LogP contribution in [-0.2, 0) is 48.2 Å². The Bertz CT molecular complexity index is 2000. The Morgan fingerprint density at radius 3 is 1.83 bits per heavy atom. The molecule has 2 unspecified atom stereocenters. The number of halogens is 2. The van der Waals surface area contributed by atoms with Gasteiger partial charge in [0.25, 0.3) is 8.38 Å². The van der Waals surface area contributed by atoms with Crippen LogP contribution in [0.4, 0.5) is 8.78 Å². The van der Waals surface area contributed by atoms with Crippen molar-refractivity contribution in [3.8, 4) is 6.07 Å². The van der Waals surface area contributed by atoms with Crippen LogP contribution in [0.3, 0.4) is 0 Å². The minimum Gasteiger partial charge on any atom is -0.438 e. The summed E-state index contributed by atoms with van der Waals surface area (Å²) in [5.41, 5.74) is -0.451. The van der Waals surface area contributed by atoms with Crippen LogP contribution in [0.5, 0.6) is 0 Å². The molecule has 2 aliphatic heterocycles. The molecule has 362 valence electrons. The van der Waals surface area contributed by atoms with E-state index in [0.29, 0.717) is 36.3 Å². The molecule has 2 N–H and O–H groups in total. The molecule has 2 atom stereocenters. The number of hydrogen-bond acceptors (Lipinski definition) is 12. The number of hydrogen-bond donors (Lipinski definition) is 1. The summed E-state index contributed by atoms with van der Waals surface area (Å²) in [7, 11) is -0.928.